The van der Waals surface area contributed by atoms with Gasteiger partial charge >= 0.3 is 10.1 Å². The molecular weight excluding hydrogens is 212 g/mol. The maximum atomic E-state index is 10.5. The molecule has 0 aromatic heterocycles. The number of phenolic OH excluding ortho intramolecular Hbond substituents is 2. The van der Waals surface area contributed by atoms with Crippen LogP contribution in [0.2, 0.25) is 0 Å². The zero-order chi connectivity index (χ0) is 11.4. The summed E-state index contributed by atoms with van der Waals surface area (Å²) in [6.07, 6.45) is 0. The Morgan fingerprint density at radius 2 is 1.43 bits per heavy atom. The smallest absolute Gasteiger partial charge is 0.301 e. The van der Waals surface area contributed by atoms with Gasteiger partial charge in [-0.2, -0.15) is 8.42 Å². The third-order valence-electron chi connectivity index (χ3n) is 1.23. The van der Waals surface area contributed by atoms with Gasteiger partial charge in [0.05, 0.1) is 0 Å². The molecule has 0 bridgehead atoms. The molecule has 0 radical (unpaired) electrons. The summed E-state index contributed by atoms with van der Waals surface area (Å²) < 4.78 is 29.5. The van der Waals surface area contributed by atoms with Gasteiger partial charge in [0, 0.05) is 0 Å². The van der Waals surface area contributed by atoms with Crippen molar-refractivity contribution in [2.75, 3.05) is 0 Å². The summed E-state index contributed by atoms with van der Waals surface area (Å²) >= 11 is 0. The van der Waals surface area contributed by atoms with Gasteiger partial charge in [-0.15, -0.1) is 0 Å². The maximum Gasteiger partial charge on any atom is 0.301 e. The topological polar surface area (TPSA) is 112 Å². The van der Waals surface area contributed by atoms with Crippen LogP contribution in [0, 0.1) is 0 Å². The third kappa shape index (κ3) is 2.71. The van der Waals surface area contributed by atoms with Crippen molar-refractivity contribution in [3.8, 4) is 11.5 Å². The Kier molecular flexibility index (Phi) is 4.06. The van der Waals surface area contributed by atoms with Gasteiger partial charge in [-0.3, -0.25) is 4.55 Å². The normalized spacial score (nSPS) is 10.1. The average Bonchev–Trinajstić information content (AvgIpc) is 2.05. The van der Waals surface area contributed by atoms with Crippen LogP contribution >= 0.6 is 0 Å². The fourth-order valence-corrected chi connectivity index (χ4v) is 1.44. The molecule has 1 aromatic rings. The highest BCUT2D eigenvalue weighted by Gasteiger charge is 2.19. The van der Waals surface area contributed by atoms with E-state index in [-0.39, 0.29) is 0 Å². The van der Waals surface area contributed by atoms with Gasteiger partial charge in [-0.25, -0.2) is 0 Å². The quantitative estimate of drug-likeness (QED) is 0.581. The Bertz CT molecular complexity index is 390. The minimum absolute atomic E-state index is 0.683. The zero-order valence-electron chi connectivity index (χ0n) is 6.91. The molecule has 0 amide bonds. The summed E-state index contributed by atoms with van der Waals surface area (Å²) in [6, 6.07) is 3.34. The number of aromatic hydroxyl groups is 2. The van der Waals surface area contributed by atoms with Crippen LogP contribution in [0.5, 0.6) is 11.5 Å². The highest BCUT2D eigenvalue weighted by Crippen LogP contribution is 2.30. The zero-order valence-corrected chi connectivity index (χ0v) is 7.73. The molecule has 3 N–H and O–H groups in total. The van der Waals surface area contributed by atoms with Crippen LogP contribution < -0.4 is 0 Å². The van der Waals surface area contributed by atoms with Crippen molar-refractivity contribution in [1.29, 1.82) is 0 Å². The minimum atomic E-state index is -4.56. The molecule has 7 heteroatoms. The van der Waals surface area contributed by atoms with Crippen LogP contribution in [0.25, 0.3) is 0 Å². The second-order valence-corrected chi connectivity index (χ2v) is 3.46. The van der Waals surface area contributed by atoms with Crippen molar-refractivity contribution in [1.82, 2.24) is 0 Å². The van der Waals surface area contributed by atoms with Crippen LogP contribution in [0.15, 0.2) is 23.1 Å². The molecule has 1 aromatic carbocycles. The van der Waals surface area contributed by atoms with Gasteiger partial charge in [0.25, 0.3) is 0 Å². The highest BCUT2D eigenvalue weighted by atomic mass is 32.2. The van der Waals surface area contributed by atoms with Gasteiger partial charge in [-0.1, -0.05) is 6.07 Å². The van der Waals surface area contributed by atoms with E-state index in [1.54, 1.807) is 0 Å². The minimum Gasteiger partial charge on any atom is -0.506 e. The summed E-state index contributed by atoms with van der Waals surface area (Å²) in [7, 11) is -4.56. The van der Waals surface area contributed by atoms with E-state index in [2.05, 4.69) is 0 Å². The molecule has 78 valence electrons. The van der Waals surface area contributed by atoms with Gasteiger partial charge < -0.3 is 15.0 Å². The first-order valence-electron chi connectivity index (χ1n) is 3.20. The first-order valence-corrected chi connectivity index (χ1v) is 4.64. The fraction of sp³-hybridized carbons (Fsp3) is 0. The number of hydrogen-bond donors (Lipinski definition) is 3. The van der Waals surface area contributed by atoms with E-state index in [0.717, 1.165) is 12.1 Å². The van der Waals surface area contributed by atoms with Gasteiger partial charge in [0.15, 0.2) is 4.90 Å². The van der Waals surface area contributed by atoms with E-state index in [1.165, 1.54) is 6.07 Å². The van der Waals surface area contributed by atoms with Crippen molar-refractivity contribution in [3.63, 3.8) is 0 Å². The number of hydrogen-bond acceptors (Lipinski definition) is 5. The van der Waals surface area contributed by atoms with Crippen molar-refractivity contribution < 1.29 is 28.0 Å². The Morgan fingerprint density at radius 1 is 1.07 bits per heavy atom. The predicted octanol–water partition coefficient (Wildman–Crippen LogP) is 0.160. The number of benzene rings is 1. The van der Waals surface area contributed by atoms with Crippen molar-refractivity contribution in [2.45, 2.75) is 4.90 Å². The van der Waals surface area contributed by atoms with Crippen LogP contribution in [0.1, 0.15) is 0 Å². The molecule has 14 heavy (non-hydrogen) atoms. The molecule has 0 spiro atoms. The summed E-state index contributed by atoms with van der Waals surface area (Å²) in [5.74, 6) is -1.37. The Labute approximate surface area is 80.2 Å². The lowest BCUT2D eigenvalue weighted by Gasteiger charge is -2.01. The summed E-state index contributed by atoms with van der Waals surface area (Å²) in [4.78, 5) is 7.13. The SMILES string of the molecule is C=O.O=S(=O)(O)c1c(O)cccc1O. The van der Waals surface area contributed by atoms with Crippen LogP contribution in [0.3, 0.4) is 0 Å². The largest absolute Gasteiger partial charge is 0.506 e. The molecule has 0 fully saturated rings. The van der Waals surface area contributed by atoms with Crippen LogP contribution in [-0.2, 0) is 14.9 Å². The lowest BCUT2D eigenvalue weighted by molar-refractivity contribution is -0.0979. The first-order chi connectivity index (χ1) is 6.43. The molecule has 6 nitrogen and oxygen atoms in total. The van der Waals surface area contributed by atoms with E-state index in [9.17, 15) is 8.42 Å². The molecule has 0 aliphatic carbocycles. The van der Waals surface area contributed by atoms with Gasteiger partial charge in [-0.05, 0) is 12.1 Å². The molecule has 0 saturated carbocycles. The van der Waals surface area contributed by atoms with Gasteiger partial charge in [0.2, 0.25) is 0 Å². The third-order valence-corrected chi connectivity index (χ3v) is 2.17. The van der Waals surface area contributed by atoms with Crippen molar-refractivity contribution in [2.24, 2.45) is 0 Å². The highest BCUT2D eigenvalue weighted by molar-refractivity contribution is 7.86. The van der Waals surface area contributed by atoms with E-state index in [1.807, 2.05) is 6.79 Å². The second-order valence-electron chi connectivity index (χ2n) is 2.10. The predicted molar refractivity (Wildman–Crippen MR) is 46.7 cm³/mol. The van der Waals surface area contributed by atoms with E-state index >= 15 is 0 Å². The molecule has 0 aliphatic heterocycles. The number of phenols is 2. The maximum absolute atomic E-state index is 10.5. The summed E-state index contributed by atoms with van der Waals surface area (Å²) in [6.45, 7) is 2.00. The number of carbonyl (C=O) groups excluding carboxylic acids is 1. The molecule has 0 atom stereocenters. The van der Waals surface area contributed by atoms with Gasteiger partial charge in [0.1, 0.15) is 18.3 Å². The molecule has 0 unspecified atom stereocenters. The molecule has 0 saturated heterocycles. The fourth-order valence-electron chi connectivity index (χ4n) is 0.777. The number of rotatable bonds is 1. The Hall–Kier alpha value is -1.60. The first kappa shape index (κ1) is 12.4. The summed E-state index contributed by atoms with van der Waals surface area (Å²) in [5, 5.41) is 17.9. The van der Waals surface area contributed by atoms with Crippen LogP contribution in [-0.4, -0.2) is 30.0 Å². The summed E-state index contributed by atoms with van der Waals surface area (Å²) in [5.41, 5.74) is 0. The molecule has 0 heterocycles. The lowest BCUT2D eigenvalue weighted by Crippen LogP contribution is -1.98. The molecular formula is C7H8O6S. The van der Waals surface area contributed by atoms with E-state index in [0.29, 0.717) is 0 Å². The second kappa shape index (κ2) is 4.58. The Morgan fingerprint density at radius 3 is 1.64 bits per heavy atom. The molecule has 0 aliphatic rings. The van der Waals surface area contributed by atoms with E-state index < -0.39 is 26.5 Å². The standard InChI is InChI=1S/C6H6O5S.CH2O/c7-4-2-1-3-5(8)6(4)12(9,10)11;1-2/h1-3,7-8H,(H,9,10,11);1H2. The van der Waals surface area contributed by atoms with Crippen molar-refractivity contribution in [3.05, 3.63) is 18.2 Å². The monoisotopic (exact) mass is 220 g/mol. The van der Waals surface area contributed by atoms with Crippen molar-refractivity contribution >= 4 is 16.9 Å². The van der Waals surface area contributed by atoms with E-state index in [4.69, 9.17) is 19.6 Å². The number of carbonyl (C=O) groups is 1. The lowest BCUT2D eigenvalue weighted by atomic mass is 10.3. The van der Waals surface area contributed by atoms with Crippen LogP contribution in [0.4, 0.5) is 0 Å². The average molecular weight is 220 g/mol. The molecule has 1 rings (SSSR count). The Balaban J connectivity index is 0.000000791.